The fraction of sp³-hybridized carbons (Fsp3) is 0.500. The van der Waals surface area contributed by atoms with Gasteiger partial charge < -0.3 is 0 Å². The van der Waals surface area contributed by atoms with Crippen LogP contribution in [0.1, 0.15) is 82.0 Å². The minimum atomic E-state index is -2.77. The minimum absolute atomic E-state index is 0.301. The first-order valence-electron chi connectivity index (χ1n) is 10.3. The Hall–Kier alpha value is 0.783. The van der Waals surface area contributed by atoms with Gasteiger partial charge in [0.25, 0.3) is 0 Å². The van der Waals surface area contributed by atoms with Crippen molar-refractivity contribution in [3.05, 3.63) is 63.3 Å². The fourth-order valence-corrected chi connectivity index (χ4v) is 30.8. The van der Waals surface area contributed by atoms with Gasteiger partial charge in [0.05, 0.1) is 0 Å². The zero-order chi connectivity index (χ0) is 20.0. The Kier molecular flexibility index (Phi) is 7.07. The fourth-order valence-electron chi connectivity index (χ4n) is 5.23. The van der Waals surface area contributed by atoms with E-state index in [4.69, 9.17) is 0 Å². The van der Waals surface area contributed by atoms with Gasteiger partial charge in [0.15, 0.2) is 0 Å². The summed E-state index contributed by atoms with van der Waals surface area (Å²) < 4.78 is 0.983. The van der Waals surface area contributed by atoms with E-state index >= 15 is 0 Å². The predicted molar refractivity (Wildman–Crippen MR) is 134 cm³/mol. The molecule has 0 nitrogen and oxygen atoms in total. The van der Waals surface area contributed by atoms with E-state index < -0.39 is 11.9 Å². The monoisotopic (exact) mass is 664 g/mol. The Morgan fingerprint density at radius 1 is 0.963 bits per heavy atom. The molecule has 2 aliphatic carbocycles. The topological polar surface area (TPSA) is 0 Å². The van der Waals surface area contributed by atoms with Crippen LogP contribution in [0.2, 0.25) is 3.12 Å². The van der Waals surface area contributed by atoms with E-state index in [0.29, 0.717) is 6.75 Å². The van der Waals surface area contributed by atoms with Crippen molar-refractivity contribution < 1.29 is 11.9 Å². The molecular formula is C24H32I2Zr. The summed E-state index contributed by atoms with van der Waals surface area (Å²) in [5.41, 5.74) is 11.4. The molecule has 2 unspecified atom stereocenters. The Morgan fingerprint density at radius 3 is 2.22 bits per heavy atom. The number of hydrogen-bond acceptors (Lipinski definition) is 0. The van der Waals surface area contributed by atoms with Gasteiger partial charge in [0.1, 0.15) is 0 Å². The van der Waals surface area contributed by atoms with Crippen LogP contribution in [0.15, 0.2) is 52.1 Å². The molecule has 0 fully saturated rings. The number of benzene rings is 1. The first-order chi connectivity index (χ1) is 12.7. The van der Waals surface area contributed by atoms with Gasteiger partial charge in [-0.05, 0) is 0 Å². The molecule has 0 amide bonds. The molecule has 0 saturated heterocycles. The number of hydrogen-bond donors (Lipinski definition) is 0. The predicted octanol–water partition coefficient (Wildman–Crippen LogP) is 9.42. The maximum atomic E-state index is 3.03. The molecule has 3 heteroatoms. The van der Waals surface area contributed by atoms with Crippen LogP contribution in [0.5, 0.6) is 0 Å². The molecule has 0 saturated carbocycles. The summed E-state index contributed by atoms with van der Waals surface area (Å²) >= 11 is 3.29. The molecule has 146 valence electrons. The first-order valence-corrected chi connectivity index (χ1v) is 27.5. The summed E-state index contributed by atoms with van der Waals surface area (Å²) in [6.07, 6.45) is 7.52. The molecule has 0 N–H and O–H groups in total. The number of fused-ring (bicyclic) bond motifs is 1. The van der Waals surface area contributed by atoms with Crippen LogP contribution >= 0.6 is 36.1 Å². The normalized spacial score (nSPS) is 25.3. The van der Waals surface area contributed by atoms with Gasteiger partial charge in [-0.3, -0.25) is 0 Å². The van der Waals surface area contributed by atoms with Crippen molar-refractivity contribution in [2.24, 2.45) is 0 Å². The third-order valence-corrected chi connectivity index (χ3v) is 35.6. The summed E-state index contributed by atoms with van der Waals surface area (Å²) in [5.74, 6) is 0. The Bertz CT molecular complexity index is 844. The Labute approximate surface area is 189 Å². The van der Waals surface area contributed by atoms with Crippen molar-refractivity contribution in [1.29, 1.82) is 0 Å². The maximum absolute atomic E-state index is 3.03. The number of allylic oxidation sites excluding steroid dienone is 5. The number of rotatable bonds is 6. The molecular weight excluding hydrogens is 633 g/mol. The van der Waals surface area contributed by atoms with Gasteiger partial charge in [0, 0.05) is 0 Å². The summed E-state index contributed by atoms with van der Waals surface area (Å²) in [6.45, 7) is 14.5. The van der Waals surface area contributed by atoms with E-state index in [0.717, 1.165) is 0 Å². The molecule has 0 radical (unpaired) electrons. The van der Waals surface area contributed by atoms with Gasteiger partial charge in [-0.25, -0.2) is 0 Å². The molecule has 1 aromatic carbocycles. The molecule has 2 aliphatic rings. The molecule has 1 aromatic rings. The van der Waals surface area contributed by atoms with E-state index in [9.17, 15) is 0 Å². The van der Waals surface area contributed by atoms with Crippen molar-refractivity contribution in [3.63, 3.8) is 0 Å². The van der Waals surface area contributed by atoms with Crippen LogP contribution in [-0.4, -0.2) is 0 Å². The quantitative estimate of drug-likeness (QED) is 0.266. The van der Waals surface area contributed by atoms with Gasteiger partial charge in [-0.15, -0.1) is 0 Å². The van der Waals surface area contributed by atoms with Crippen LogP contribution in [0, 0.1) is 0 Å². The number of halogens is 2. The average molecular weight is 666 g/mol. The zero-order valence-electron chi connectivity index (χ0n) is 17.5. The van der Waals surface area contributed by atoms with Crippen molar-refractivity contribution in [1.82, 2.24) is 0 Å². The molecule has 0 heterocycles. The second-order valence-corrected chi connectivity index (χ2v) is 47.7. The van der Waals surface area contributed by atoms with Crippen LogP contribution < -0.4 is 0 Å². The zero-order valence-corrected chi connectivity index (χ0v) is 24.3. The summed E-state index contributed by atoms with van der Waals surface area (Å²) in [5, 5.41) is 0. The van der Waals surface area contributed by atoms with Gasteiger partial charge in [-0.2, -0.15) is 0 Å². The van der Waals surface area contributed by atoms with Crippen LogP contribution in [0.25, 0.3) is 6.08 Å². The Morgan fingerprint density at radius 2 is 1.59 bits per heavy atom. The van der Waals surface area contributed by atoms with E-state index in [1.165, 1.54) is 31.2 Å². The molecule has 27 heavy (non-hydrogen) atoms. The summed E-state index contributed by atoms with van der Waals surface area (Å²) in [6, 6.07) is 9.21. The average Bonchev–Trinajstić information content (AvgIpc) is 3.08. The van der Waals surface area contributed by atoms with Crippen LogP contribution in [0.3, 0.4) is 0 Å². The third-order valence-electron chi connectivity index (χ3n) is 7.02. The molecule has 0 spiro atoms. The van der Waals surface area contributed by atoms with Gasteiger partial charge in [-0.1, -0.05) is 0 Å². The van der Waals surface area contributed by atoms with Crippen molar-refractivity contribution in [3.8, 4) is 0 Å². The second-order valence-electron chi connectivity index (χ2n) is 8.38. The Balaban J connectivity index is 2.19. The summed E-state index contributed by atoms with van der Waals surface area (Å²) in [7, 11) is 0. The van der Waals surface area contributed by atoms with Gasteiger partial charge >= 0.3 is 191 Å². The molecule has 2 atom stereocenters. The first kappa shape index (κ1) is 22.5. The molecule has 0 aliphatic heterocycles. The SMILES string of the molecule is CCCC1=Cc2ccccc2[CH]1[Zr]([I])([I])[C]1(C)C(C)=C(C)C(C)=C1CCC. The molecule has 3 rings (SSSR count). The van der Waals surface area contributed by atoms with Crippen molar-refractivity contribution in [2.75, 3.05) is 0 Å². The van der Waals surface area contributed by atoms with Crippen LogP contribution in [0.4, 0.5) is 0 Å². The summed E-state index contributed by atoms with van der Waals surface area (Å²) in [4.78, 5) is 0. The van der Waals surface area contributed by atoms with E-state index in [1.54, 1.807) is 33.4 Å². The van der Waals surface area contributed by atoms with Crippen LogP contribution in [-0.2, 0) is 11.9 Å². The van der Waals surface area contributed by atoms with E-state index in [2.05, 4.69) is 108 Å². The molecule has 0 bridgehead atoms. The van der Waals surface area contributed by atoms with Crippen molar-refractivity contribution >= 4 is 42.2 Å². The second kappa shape index (κ2) is 8.49. The van der Waals surface area contributed by atoms with E-state index in [1.807, 2.05) is 0 Å². The van der Waals surface area contributed by atoms with Gasteiger partial charge in [0.2, 0.25) is 0 Å². The van der Waals surface area contributed by atoms with Crippen molar-refractivity contribution in [2.45, 2.75) is 74.0 Å². The van der Waals surface area contributed by atoms with E-state index in [-0.39, 0.29) is 0 Å². The third kappa shape index (κ3) is 3.48. The molecule has 0 aromatic heterocycles. The standard InChI is InChI=1S/C12H13.C12H19.2HI.Zr/c1-2-5-10-8-11-6-3-4-7-12(11)9-10;1-6-7-12-10(4)8(2)9(3)11(12)5;;;/h3-4,6-9H,2,5H2,1H3;6-7H2,1-5H3;2*1H;/q;;;;+2/p-2.